The number of aliphatic hydroxyl groups excluding tert-OH is 1. The maximum absolute atomic E-state index is 12.2. The second kappa shape index (κ2) is 6.99. The molecular weight excluding hydrogens is 272 g/mol. The van der Waals surface area contributed by atoms with Crippen LogP contribution >= 0.6 is 11.8 Å². The van der Waals surface area contributed by atoms with Crippen LogP contribution in [0.25, 0.3) is 0 Å². The molecule has 0 bridgehead atoms. The Balaban J connectivity index is 1.93. The Kier molecular flexibility index (Phi) is 5.31. The van der Waals surface area contributed by atoms with Crippen LogP contribution in [0, 0.1) is 5.92 Å². The molecule has 1 saturated heterocycles. The van der Waals surface area contributed by atoms with E-state index < -0.39 is 0 Å². The van der Waals surface area contributed by atoms with E-state index in [9.17, 15) is 9.90 Å². The smallest absolute Gasteiger partial charge is 0.321 e. The number of urea groups is 1. The highest BCUT2D eigenvalue weighted by molar-refractivity contribution is 7.99. The Hall–Kier alpha value is -1.20. The molecule has 2 atom stereocenters. The summed E-state index contributed by atoms with van der Waals surface area (Å²) in [5.41, 5.74) is 0.828. The standard InChI is InChI=1S/C15H22N2O2S/c1-3-20-14-6-4-5-13(9-14)16-15(19)17-8-7-12(10-17)11(2)18/h4-6,9,11-12,18H,3,7-8,10H2,1-2H3,(H,16,19)/t11-,12-/m1/s1. The van der Waals surface area contributed by atoms with E-state index in [-0.39, 0.29) is 18.1 Å². The van der Waals surface area contributed by atoms with Gasteiger partial charge in [-0.15, -0.1) is 11.8 Å². The van der Waals surface area contributed by atoms with Crippen molar-refractivity contribution < 1.29 is 9.90 Å². The molecule has 0 spiro atoms. The molecule has 2 rings (SSSR count). The number of thioether (sulfide) groups is 1. The maximum Gasteiger partial charge on any atom is 0.321 e. The highest BCUT2D eigenvalue weighted by Gasteiger charge is 2.28. The molecule has 110 valence electrons. The van der Waals surface area contributed by atoms with E-state index in [1.807, 2.05) is 24.3 Å². The van der Waals surface area contributed by atoms with Gasteiger partial charge in [0.15, 0.2) is 0 Å². The summed E-state index contributed by atoms with van der Waals surface area (Å²) in [7, 11) is 0. The van der Waals surface area contributed by atoms with Crippen molar-refractivity contribution in [2.45, 2.75) is 31.3 Å². The largest absolute Gasteiger partial charge is 0.393 e. The van der Waals surface area contributed by atoms with Crippen LogP contribution in [0.15, 0.2) is 29.2 Å². The van der Waals surface area contributed by atoms with Crippen molar-refractivity contribution in [2.24, 2.45) is 5.92 Å². The Bertz CT molecular complexity index is 465. The number of nitrogens with one attached hydrogen (secondary N) is 1. The lowest BCUT2D eigenvalue weighted by Crippen LogP contribution is -2.34. The third kappa shape index (κ3) is 3.90. The van der Waals surface area contributed by atoms with Crippen LogP contribution in [0.3, 0.4) is 0 Å². The molecule has 0 radical (unpaired) electrons. The Labute approximate surface area is 124 Å². The van der Waals surface area contributed by atoms with E-state index in [2.05, 4.69) is 12.2 Å². The van der Waals surface area contributed by atoms with Crippen molar-refractivity contribution in [3.63, 3.8) is 0 Å². The van der Waals surface area contributed by atoms with Gasteiger partial charge in [0.1, 0.15) is 0 Å². The molecule has 2 N–H and O–H groups in total. The van der Waals surface area contributed by atoms with E-state index in [4.69, 9.17) is 0 Å². The van der Waals surface area contributed by atoms with Gasteiger partial charge in [-0.2, -0.15) is 0 Å². The molecule has 0 aliphatic carbocycles. The molecule has 1 aliphatic rings. The number of carbonyl (C=O) groups is 1. The van der Waals surface area contributed by atoms with Gasteiger partial charge in [-0.05, 0) is 37.3 Å². The second-order valence-electron chi connectivity index (χ2n) is 5.13. The number of aliphatic hydroxyl groups is 1. The second-order valence-corrected chi connectivity index (χ2v) is 6.46. The number of hydrogen-bond acceptors (Lipinski definition) is 3. The molecular formula is C15H22N2O2S. The molecule has 1 aromatic carbocycles. The summed E-state index contributed by atoms with van der Waals surface area (Å²) >= 11 is 1.76. The normalized spacial score (nSPS) is 19.9. The van der Waals surface area contributed by atoms with Gasteiger partial charge >= 0.3 is 6.03 Å². The Morgan fingerprint density at radius 3 is 3.05 bits per heavy atom. The van der Waals surface area contributed by atoms with Gasteiger partial charge in [0, 0.05) is 29.6 Å². The van der Waals surface area contributed by atoms with Crippen molar-refractivity contribution in [3.8, 4) is 0 Å². The number of benzene rings is 1. The van der Waals surface area contributed by atoms with E-state index in [0.717, 1.165) is 22.8 Å². The van der Waals surface area contributed by atoms with E-state index in [0.29, 0.717) is 13.1 Å². The van der Waals surface area contributed by atoms with Gasteiger partial charge in [0.05, 0.1) is 6.10 Å². The zero-order chi connectivity index (χ0) is 14.5. The minimum Gasteiger partial charge on any atom is -0.393 e. The predicted molar refractivity (Wildman–Crippen MR) is 83.2 cm³/mol. The summed E-state index contributed by atoms with van der Waals surface area (Å²) in [6.07, 6.45) is 0.522. The van der Waals surface area contributed by atoms with E-state index in [1.165, 1.54) is 0 Å². The Morgan fingerprint density at radius 1 is 1.60 bits per heavy atom. The van der Waals surface area contributed by atoms with Crippen molar-refractivity contribution in [1.82, 2.24) is 4.90 Å². The van der Waals surface area contributed by atoms with Crippen LogP contribution in [0.1, 0.15) is 20.3 Å². The lowest BCUT2D eigenvalue weighted by atomic mass is 10.0. The molecule has 0 saturated carbocycles. The summed E-state index contributed by atoms with van der Waals surface area (Å²) in [6, 6.07) is 7.82. The highest BCUT2D eigenvalue weighted by atomic mass is 32.2. The first-order valence-corrected chi connectivity index (χ1v) is 8.05. The number of hydrogen-bond donors (Lipinski definition) is 2. The van der Waals surface area contributed by atoms with Gasteiger partial charge < -0.3 is 15.3 Å². The number of anilines is 1. The lowest BCUT2D eigenvalue weighted by Gasteiger charge is -2.18. The highest BCUT2D eigenvalue weighted by Crippen LogP contribution is 2.23. The van der Waals surface area contributed by atoms with Crippen LogP contribution in [0.5, 0.6) is 0 Å². The topological polar surface area (TPSA) is 52.6 Å². The average Bonchev–Trinajstić information content (AvgIpc) is 2.89. The Morgan fingerprint density at radius 2 is 2.40 bits per heavy atom. The van der Waals surface area contributed by atoms with Crippen LogP contribution in [-0.4, -0.2) is 41.0 Å². The van der Waals surface area contributed by atoms with Crippen LogP contribution in [-0.2, 0) is 0 Å². The SMILES string of the molecule is CCSc1cccc(NC(=O)N2CC[C@@H]([C@@H](C)O)C2)c1. The van der Waals surface area contributed by atoms with Gasteiger partial charge in [-0.3, -0.25) is 0 Å². The van der Waals surface area contributed by atoms with Crippen molar-refractivity contribution in [1.29, 1.82) is 0 Å². The van der Waals surface area contributed by atoms with Crippen LogP contribution in [0.4, 0.5) is 10.5 Å². The molecule has 4 nitrogen and oxygen atoms in total. The average molecular weight is 294 g/mol. The third-order valence-electron chi connectivity index (χ3n) is 3.59. The quantitative estimate of drug-likeness (QED) is 0.839. The molecule has 1 fully saturated rings. The maximum atomic E-state index is 12.2. The molecule has 0 unspecified atom stereocenters. The number of amides is 2. The number of carbonyl (C=O) groups excluding carboxylic acids is 1. The van der Waals surface area contributed by atoms with Gasteiger partial charge in [-0.25, -0.2) is 4.79 Å². The van der Waals surface area contributed by atoms with E-state index in [1.54, 1.807) is 23.6 Å². The molecule has 2 amide bonds. The summed E-state index contributed by atoms with van der Waals surface area (Å²) in [4.78, 5) is 15.1. The molecule has 5 heteroatoms. The molecule has 1 aromatic rings. The fourth-order valence-corrected chi connectivity index (χ4v) is 3.12. The zero-order valence-electron chi connectivity index (χ0n) is 12.0. The van der Waals surface area contributed by atoms with Crippen LogP contribution in [0.2, 0.25) is 0 Å². The zero-order valence-corrected chi connectivity index (χ0v) is 12.8. The molecule has 1 aliphatic heterocycles. The molecule has 20 heavy (non-hydrogen) atoms. The fraction of sp³-hybridized carbons (Fsp3) is 0.533. The van der Waals surface area contributed by atoms with Crippen molar-refractivity contribution in [3.05, 3.63) is 24.3 Å². The number of nitrogens with zero attached hydrogens (tertiary/aromatic N) is 1. The van der Waals surface area contributed by atoms with E-state index >= 15 is 0 Å². The summed E-state index contributed by atoms with van der Waals surface area (Å²) in [6.45, 7) is 5.24. The minimum atomic E-state index is -0.350. The molecule has 0 aromatic heterocycles. The fourth-order valence-electron chi connectivity index (χ4n) is 2.40. The first-order valence-electron chi connectivity index (χ1n) is 7.07. The third-order valence-corrected chi connectivity index (χ3v) is 4.47. The lowest BCUT2D eigenvalue weighted by molar-refractivity contribution is 0.130. The first-order chi connectivity index (χ1) is 9.60. The molecule has 1 heterocycles. The van der Waals surface area contributed by atoms with Crippen molar-refractivity contribution in [2.75, 3.05) is 24.2 Å². The monoisotopic (exact) mass is 294 g/mol. The van der Waals surface area contributed by atoms with Crippen molar-refractivity contribution >= 4 is 23.5 Å². The number of likely N-dealkylation sites (tertiary alicyclic amines) is 1. The van der Waals surface area contributed by atoms with Gasteiger partial charge in [0.25, 0.3) is 0 Å². The summed E-state index contributed by atoms with van der Waals surface area (Å²) in [5.74, 6) is 1.21. The van der Waals surface area contributed by atoms with Crippen LogP contribution < -0.4 is 5.32 Å². The van der Waals surface area contributed by atoms with Gasteiger partial charge in [-0.1, -0.05) is 13.0 Å². The first kappa shape index (κ1) is 15.2. The summed E-state index contributed by atoms with van der Waals surface area (Å²) in [5, 5.41) is 12.5. The van der Waals surface area contributed by atoms with Gasteiger partial charge in [0.2, 0.25) is 0 Å². The minimum absolute atomic E-state index is 0.0770. The number of rotatable bonds is 4. The summed E-state index contributed by atoms with van der Waals surface area (Å²) < 4.78 is 0. The predicted octanol–water partition coefficient (Wildman–Crippen LogP) is 3.03.